The van der Waals surface area contributed by atoms with Gasteiger partial charge in [0.2, 0.25) is 5.91 Å². The van der Waals surface area contributed by atoms with Crippen molar-refractivity contribution in [2.24, 2.45) is 5.73 Å². The molecule has 0 saturated heterocycles. The van der Waals surface area contributed by atoms with Crippen molar-refractivity contribution in [3.63, 3.8) is 0 Å². The molecule has 2 aromatic rings. The van der Waals surface area contributed by atoms with E-state index in [0.29, 0.717) is 0 Å². The van der Waals surface area contributed by atoms with Gasteiger partial charge in [-0.2, -0.15) is 15.0 Å². The van der Waals surface area contributed by atoms with Gasteiger partial charge in [0.15, 0.2) is 5.54 Å². The molecule has 1 heterocycles. The average Bonchev–Trinajstić information content (AvgIpc) is 2.61. The minimum atomic E-state index is -0.904. The number of primary amides is 1. The highest BCUT2D eigenvalue weighted by Gasteiger charge is 2.29. The van der Waals surface area contributed by atoms with Crippen molar-refractivity contribution in [2.45, 2.75) is 19.4 Å². The number of benzene rings is 1. The predicted molar refractivity (Wildman–Crippen MR) is 56.0 cm³/mol. The molecule has 1 aromatic heterocycles. The lowest BCUT2D eigenvalue weighted by Gasteiger charge is -2.18. The zero-order valence-corrected chi connectivity index (χ0v) is 8.64. The van der Waals surface area contributed by atoms with Crippen LogP contribution in [-0.2, 0) is 10.3 Å². The van der Waals surface area contributed by atoms with Gasteiger partial charge < -0.3 is 5.73 Å². The van der Waals surface area contributed by atoms with Gasteiger partial charge in [-0.25, -0.2) is 0 Å². The number of amides is 1. The van der Waals surface area contributed by atoms with Crippen molar-refractivity contribution in [2.75, 3.05) is 0 Å². The molecule has 0 fully saturated rings. The largest absolute Gasteiger partial charge is 0.368 e. The first-order valence-corrected chi connectivity index (χ1v) is 4.64. The van der Waals surface area contributed by atoms with E-state index in [1.54, 1.807) is 13.8 Å². The van der Waals surface area contributed by atoms with Crippen LogP contribution in [0.3, 0.4) is 0 Å². The van der Waals surface area contributed by atoms with Crippen molar-refractivity contribution in [3.8, 4) is 0 Å². The number of hydrogen-bond donors (Lipinski definition) is 1. The van der Waals surface area contributed by atoms with E-state index in [4.69, 9.17) is 5.73 Å². The molecule has 0 unspecified atom stereocenters. The summed E-state index contributed by atoms with van der Waals surface area (Å²) in [6, 6.07) is 7.43. The third-order valence-electron chi connectivity index (χ3n) is 2.39. The molecular formula is C10H12N4O. The third-order valence-corrected chi connectivity index (χ3v) is 2.39. The summed E-state index contributed by atoms with van der Waals surface area (Å²) in [5.41, 5.74) is 5.89. The Morgan fingerprint density at radius 2 is 1.73 bits per heavy atom. The standard InChI is InChI=1S/C10H12N4O/c1-10(2,9(11)15)14-12-7-5-3-4-6-8(7)13-14/h3-6H,1-2H3,(H2,11,15). The van der Waals surface area contributed by atoms with E-state index in [9.17, 15) is 4.79 Å². The molecule has 1 amide bonds. The monoisotopic (exact) mass is 204 g/mol. The highest BCUT2D eigenvalue weighted by atomic mass is 16.1. The number of rotatable bonds is 2. The lowest BCUT2D eigenvalue weighted by Crippen LogP contribution is -2.42. The molecular weight excluding hydrogens is 192 g/mol. The fourth-order valence-corrected chi connectivity index (χ4v) is 1.21. The van der Waals surface area contributed by atoms with Crippen LogP contribution in [0.1, 0.15) is 13.8 Å². The average molecular weight is 204 g/mol. The van der Waals surface area contributed by atoms with Gasteiger partial charge in [0, 0.05) is 0 Å². The molecule has 1 aromatic carbocycles. The van der Waals surface area contributed by atoms with Crippen molar-refractivity contribution >= 4 is 16.9 Å². The molecule has 2 rings (SSSR count). The Kier molecular flexibility index (Phi) is 1.96. The minimum Gasteiger partial charge on any atom is -0.368 e. The number of carbonyl (C=O) groups excluding carboxylic acids is 1. The smallest absolute Gasteiger partial charge is 0.246 e. The van der Waals surface area contributed by atoms with Gasteiger partial charge in [0.1, 0.15) is 11.0 Å². The molecule has 0 atom stereocenters. The molecule has 0 aliphatic carbocycles. The fourth-order valence-electron chi connectivity index (χ4n) is 1.21. The molecule has 0 spiro atoms. The van der Waals surface area contributed by atoms with E-state index in [2.05, 4.69) is 10.2 Å². The van der Waals surface area contributed by atoms with Crippen LogP contribution in [0.25, 0.3) is 11.0 Å². The number of nitrogens with zero attached hydrogens (tertiary/aromatic N) is 3. The van der Waals surface area contributed by atoms with Crippen LogP contribution >= 0.6 is 0 Å². The lowest BCUT2D eigenvalue weighted by atomic mass is 10.1. The second-order valence-electron chi connectivity index (χ2n) is 3.90. The van der Waals surface area contributed by atoms with Crippen LogP contribution in [0.2, 0.25) is 0 Å². The summed E-state index contributed by atoms with van der Waals surface area (Å²) < 4.78 is 0. The molecule has 5 nitrogen and oxygen atoms in total. The fraction of sp³-hybridized carbons (Fsp3) is 0.300. The van der Waals surface area contributed by atoms with Crippen molar-refractivity contribution in [1.29, 1.82) is 0 Å². The van der Waals surface area contributed by atoms with Crippen molar-refractivity contribution in [1.82, 2.24) is 15.0 Å². The topological polar surface area (TPSA) is 73.8 Å². The van der Waals surface area contributed by atoms with Gasteiger partial charge in [-0.1, -0.05) is 12.1 Å². The molecule has 15 heavy (non-hydrogen) atoms. The number of hydrogen-bond acceptors (Lipinski definition) is 3. The third kappa shape index (κ3) is 1.45. The summed E-state index contributed by atoms with van der Waals surface area (Å²) >= 11 is 0. The van der Waals surface area contributed by atoms with Gasteiger partial charge in [-0.3, -0.25) is 4.79 Å². The first-order chi connectivity index (χ1) is 7.01. The normalized spacial score (nSPS) is 11.9. The number of carbonyl (C=O) groups is 1. The minimum absolute atomic E-state index is 0.456. The molecule has 0 saturated carbocycles. The van der Waals surface area contributed by atoms with Crippen molar-refractivity contribution < 1.29 is 4.79 Å². The Morgan fingerprint density at radius 1 is 1.27 bits per heavy atom. The number of nitrogens with two attached hydrogens (primary N) is 1. The van der Waals surface area contributed by atoms with Gasteiger partial charge in [0.25, 0.3) is 0 Å². The van der Waals surface area contributed by atoms with E-state index < -0.39 is 11.4 Å². The van der Waals surface area contributed by atoms with E-state index in [-0.39, 0.29) is 0 Å². The number of aromatic nitrogens is 3. The van der Waals surface area contributed by atoms with E-state index in [1.165, 1.54) is 4.80 Å². The summed E-state index contributed by atoms with van der Waals surface area (Å²) in [5.74, 6) is -0.456. The van der Waals surface area contributed by atoms with Crippen LogP contribution in [-0.4, -0.2) is 20.9 Å². The second-order valence-corrected chi connectivity index (χ2v) is 3.90. The Balaban J connectivity index is 2.58. The quantitative estimate of drug-likeness (QED) is 0.780. The Hall–Kier alpha value is -1.91. The first-order valence-electron chi connectivity index (χ1n) is 4.64. The van der Waals surface area contributed by atoms with Gasteiger partial charge in [-0.15, -0.1) is 0 Å². The summed E-state index contributed by atoms with van der Waals surface area (Å²) in [5, 5.41) is 8.42. The Bertz CT molecular complexity index is 482. The molecule has 0 radical (unpaired) electrons. The SMILES string of the molecule is CC(C)(C(N)=O)n1nc2ccccc2n1. The molecule has 0 aliphatic rings. The maximum absolute atomic E-state index is 11.2. The van der Waals surface area contributed by atoms with Gasteiger partial charge >= 0.3 is 0 Å². The number of fused-ring (bicyclic) bond motifs is 1. The summed E-state index contributed by atoms with van der Waals surface area (Å²) in [4.78, 5) is 12.6. The van der Waals surface area contributed by atoms with Crippen LogP contribution in [0, 0.1) is 0 Å². The summed E-state index contributed by atoms with van der Waals surface area (Å²) in [6.07, 6.45) is 0. The predicted octanol–water partition coefficient (Wildman–Crippen LogP) is 0.652. The van der Waals surface area contributed by atoms with E-state index >= 15 is 0 Å². The van der Waals surface area contributed by atoms with Gasteiger partial charge in [0.05, 0.1) is 0 Å². The van der Waals surface area contributed by atoms with E-state index in [0.717, 1.165) is 11.0 Å². The van der Waals surface area contributed by atoms with Crippen LogP contribution in [0.15, 0.2) is 24.3 Å². The van der Waals surface area contributed by atoms with Gasteiger partial charge in [-0.05, 0) is 26.0 Å². The highest BCUT2D eigenvalue weighted by Crippen LogP contribution is 2.15. The lowest BCUT2D eigenvalue weighted by molar-refractivity contribution is -0.125. The zero-order chi connectivity index (χ0) is 11.1. The second kappa shape index (κ2) is 3.05. The molecule has 5 heteroatoms. The van der Waals surface area contributed by atoms with Crippen molar-refractivity contribution in [3.05, 3.63) is 24.3 Å². The molecule has 0 aliphatic heterocycles. The summed E-state index contributed by atoms with van der Waals surface area (Å²) in [6.45, 7) is 3.38. The zero-order valence-electron chi connectivity index (χ0n) is 8.64. The Morgan fingerprint density at radius 3 is 2.13 bits per heavy atom. The van der Waals surface area contributed by atoms with Crippen LogP contribution < -0.4 is 5.73 Å². The first kappa shape index (κ1) is 9.64. The van der Waals surface area contributed by atoms with Crippen LogP contribution in [0.5, 0.6) is 0 Å². The maximum atomic E-state index is 11.2. The Labute approximate surface area is 86.9 Å². The maximum Gasteiger partial charge on any atom is 0.246 e. The van der Waals surface area contributed by atoms with Crippen LogP contribution in [0.4, 0.5) is 0 Å². The van der Waals surface area contributed by atoms with E-state index in [1.807, 2.05) is 24.3 Å². The highest BCUT2D eigenvalue weighted by molar-refractivity contribution is 5.82. The molecule has 2 N–H and O–H groups in total. The molecule has 78 valence electrons. The summed E-state index contributed by atoms with van der Waals surface area (Å²) in [7, 11) is 0. The molecule has 0 bridgehead atoms.